The van der Waals surface area contributed by atoms with Crippen molar-refractivity contribution >= 4 is 44.0 Å². The molecule has 0 aliphatic carbocycles. The summed E-state index contributed by atoms with van der Waals surface area (Å²) in [6, 6.07) is 7.73. The van der Waals surface area contributed by atoms with Gasteiger partial charge in [0.05, 0.1) is 32.2 Å². The fraction of sp³-hybridized carbons (Fsp3) is 0.188. The number of methoxy groups -OCH3 is 1. The monoisotopic (exact) mass is 363 g/mol. The fourth-order valence-electron chi connectivity index (χ4n) is 2.46. The Morgan fingerprint density at radius 3 is 2.76 bits per heavy atom. The summed E-state index contributed by atoms with van der Waals surface area (Å²) < 4.78 is 8.38. The first-order chi connectivity index (χ1) is 10.0. The lowest BCUT2D eigenvalue weighted by Crippen LogP contribution is -1.98. The number of halogens is 1. The maximum absolute atomic E-state index is 12.8. The van der Waals surface area contributed by atoms with E-state index in [0.717, 1.165) is 30.9 Å². The van der Waals surface area contributed by atoms with Crippen LogP contribution in [0, 0.1) is 6.92 Å². The van der Waals surface area contributed by atoms with E-state index in [0.29, 0.717) is 5.56 Å². The smallest absolute Gasteiger partial charge is 0.205 e. The Kier molecular flexibility index (Phi) is 3.63. The van der Waals surface area contributed by atoms with E-state index in [4.69, 9.17) is 4.74 Å². The van der Waals surface area contributed by atoms with Crippen molar-refractivity contribution < 1.29 is 9.53 Å². The molecule has 5 heteroatoms. The number of aromatic nitrogens is 1. The van der Waals surface area contributed by atoms with E-state index in [-0.39, 0.29) is 5.78 Å². The maximum atomic E-state index is 12.8. The van der Waals surface area contributed by atoms with Crippen molar-refractivity contribution in [3.8, 4) is 5.75 Å². The number of ether oxygens (including phenoxy) is 1. The number of nitrogens with zero attached hydrogens (tertiary/aromatic N) is 1. The van der Waals surface area contributed by atoms with Crippen LogP contribution in [0.1, 0.15) is 20.8 Å². The highest BCUT2D eigenvalue weighted by Gasteiger charge is 2.20. The van der Waals surface area contributed by atoms with Gasteiger partial charge in [-0.2, -0.15) is 0 Å². The van der Waals surface area contributed by atoms with Gasteiger partial charge in [0.15, 0.2) is 0 Å². The average Bonchev–Trinajstić information content (AvgIpc) is 2.99. The van der Waals surface area contributed by atoms with Crippen LogP contribution in [-0.2, 0) is 7.05 Å². The van der Waals surface area contributed by atoms with E-state index in [1.165, 1.54) is 11.3 Å². The molecule has 1 aromatic carbocycles. The molecule has 0 atom stereocenters. The Bertz CT molecular complexity index is 828. The molecule has 0 radical (unpaired) electrons. The van der Waals surface area contributed by atoms with Crippen molar-refractivity contribution in [3.05, 3.63) is 50.3 Å². The second-order valence-electron chi connectivity index (χ2n) is 4.90. The van der Waals surface area contributed by atoms with Crippen molar-refractivity contribution in [1.82, 2.24) is 4.57 Å². The SMILES string of the molecule is COc1cccc2c1c(C(=O)c1cc(C)c(Br)s1)cn2C. The van der Waals surface area contributed by atoms with E-state index < -0.39 is 0 Å². The summed E-state index contributed by atoms with van der Waals surface area (Å²) in [5, 5.41) is 0.870. The molecule has 2 aromatic heterocycles. The summed E-state index contributed by atoms with van der Waals surface area (Å²) in [5.74, 6) is 0.757. The van der Waals surface area contributed by atoms with Gasteiger partial charge in [0.25, 0.3) is 0 Å². The Morgan fingerprint density at radius 1 is 1.38 bits per heavy atom. The van der Waals surface area contributed by atoms with E-state index in [1.807, 2.05) is 49.0 Å². The molecule has 0 aliphatic heterocycles. The number of thiophene rings is 1. The van der Waals surface area contributed by atoms with Crippen molar-refractivity contribution in [3.63, 3.8) is 0 Å². The minimum absolute atomic E-state index is 0.0314. The minimum Gasteiger partial charge on any atom is -0.496 e. The quantitative estimate of drug-likeness (QED) is 0.639. The van der Waals surface area contributed by atoms with Gasteiger partial charge >= 0.3 is 0 Å². The third-order valence-corrected chi connectivity index (χ3v) is 5.66. The summed E-state index contributed by atoms with van der Waals surface area (Å²) in [5.41, 5.74) is 2.75. The Balaban J connectivity index is 2.22. The Hall–Kier alpha value is -1.59. The zero-order valence-corrected chi connectivity index (χ0v) is 14.3. The van der Waals surface area contributed by atoms with E-state index >= 15 is 0 Å². The van der Waals surface area contributed by atoms with Gasteiger partial charge in [-0.3, -0.25) is 4.79 Å². The van der Waals surface area contributed by atoms with Gasteiger partial charge in [0.1, 0.15) is 5.75 Å². The standard InChI is InChI=1S/C16H14BrNO2S/c1-9-7-13(21-16(9)17)15(19)10-8-18(2)11-5-4-6-12(20-3)14(10)11/h4-8H,1-3H3. The number of aryl methyl sites for hydroxylation is 2. The van der Waals surface area contributed by atoms with E-state index in [1.54, 1.807) is 7.11 Å². The zero-order valence-electron chi connectivity index (χ0n) is 11.9. The highest BCUT2D eigenvalue weighted by Crippen LogP contribution is 2.34. The topological polar surface area (TPSA) is 31.2 Å². The van der Waals surface area contributed by atoms with Crippen LogP contribution in [0.4, 0.5) is 0 Å². The lowest BCUT2D eigenvalue weighted by atomic mass is 10.1. The molecule has 3 aromatic rings. The zero-order chi connectivity index (χ0) is 15.1. The lowest BCUT2D eigenvalue weighted by Gasteiger charge is -2.04. The van der Waals surface area contributed by atoms with Crippen LogP contribution < -0.4 is 4.74 Å². The molecule has 0 fully saturated rings. The molecule has 0 N–H and O–H groups in total. The normalized spacial score (nSPS) is 11.0. The summed E-state index contributed by atoms with van der Waals surface area (Å²) in [6.45, 7) is 1.99. The van der Waals surface area contributed by atoms with Crippen LogP contribution in [0.25, 0.3) is 10.9 Å². The second kappa shape index (κ2) is 5.31. The van der Waals surface area contributed by atoms with Crippen molar-refractivity contribution in [2.75, 3.05) is 7.11 Å². The number of ketones is 1. The summed E-state index contributed by atoms with van der Waals surface area (Å²) >= 11 is 4.94. The highest BCUT2D eigenvalue weighted by atomic mass is 79.9. The van der Waals surface area contributed by atoms with Crippen LogP contribution >= 0.6 is 27.3 Å². The van der Waals surface area contributed by atoms with Gasteiger partial charge in [-0.1, -0.05) is 6.07 Å². The molecule has 21 heavy (non-hydrogen) atoms. The summed E-state index contributed by atoms with van der Waals surface area (Å²) in [4.78, 5) is 13.6. The van der Waals surface area contributed by atoms with Crippen molar-refractivity contribution in [1.29, 1.82) is 0 Å². The molecule has 3 nitrogen and oxygen atoms in total. The molecule has 2 heterocycles. The fourth-order valence-corrected chi connectivity index (χ4v) is 3.95. The highest BCUT2D eigenvalue weighted by molar-refractivity contribution is 9.11. The molecule has 0 saturated heterocycles. The number of rotatable bonds is 3. The molecule has 0 aliphatic rings. The Labute approximate surface area is 135 Å². The lowest BCUT2D eigenvalue weighted by molar-refractivity contribution is 0.104. The summed E-state index contributed by atoms with van der Waals surface area (Å²) in [6.07, 6.45) is 1.87. The third kappa shape index (κ3) is 2.30. The van der Waals surface area contributed by atoms with Crippen LogP contribution in [0.3, 0.4) is 0 Å². The van der Waals surface area contributed by atoms with E-state index in [9.17, 15) is 4.79 Å². The molecule has 108 valence electrons. The molecule has 0 spiro atoms. The van der Waals surface area contributed by atoms with Gasteiger partial charge < -0.3 is 9.30 Å². The number of carbonyl (C=O) groups excluding carboxylic acids is 1. The predicted molar refractivity (Wildman–Crippen MR) is 89.7 cm³/mol. The second-order valence-corrected chi connectivity index (χ2v) is 7.27. The van der Waals surface area contributed by atoms with Gasteiger partial charge in [0, 0.05) is 13.2 Å². The third-order valence-electron chi connectivity index (χ3n) is 3.52. The van der Waals surface area contributed by atoms with Gasteiger partial charge in [-0.15, -0.1) is 11.3 Å². The van der Waals surface area contributed by atoms with Gasteiger partial charge in [-0.25, -0.2) is 0 Å². The number of carbonyl (C=O) groups is 1. The van der Waals surface area contributed by atoms with Crippen LogP contribution in [0.5, 0.6) is 5.75 Å². The molecule has 0 amide bonds. The molecular weight excluding hydrogens is 350 g/mol. The van der Waals surface area contributed by atoms with Gasteiger partial charge in [-0.05, 0) is 46.6 Å². The minimum atomic E-state index is 0.0314. The van der Waals surface area contributed by atoms with Crippen LogP contribution in [0.15, 0.2) is 34.2 Å². The van der Waals surface area contributed by atoms with Crippen molar-refractivity contribution in [2.45, 2.75) is 6.92 Å². The number of benzene rings is 1. The number of fused-ring (bicyclic) bond motifs is 1. The van der Waals surface area contributed by atoms with E-state index in [2.05, 4.69) is 15.9 Å². The Morgan fingerprint density at radius 2 is 2.14 bits per heavy atom. The molecule has 3 rings (SSSR count). The predicted octanol–water partition coefficient (Wildman–Crippen LogP) is 4.55. The number of hydrogen-bond acceptors (Lipinski definition) is 3. The molecule has 0 saturated carbocycles. The van der Waals surface area contributed by atoms with Crippen LogP contribution in [-0.4, -0.2) is 17.5 Å². The maximum Gasteiger partial charge on any atom is 0.205 e. The van der Waals surface area contributed by atoms with Crippen molar-refractivity contribution in [2.24, 2.45) is 7.05 Å². The van der Waals surface area contributed by atoms with Crippen LogP contribution in [0.2, 0.25) is 0 Å². The first-order valence-corrected chi connectivity index (χ1v) is 8.06. The summed E-state index contributed by atoms with van der Waals surface area (Å²) in [7, 11) is 3.57. The molecule has 0 unspecified atom stereocenters. The first kappa shape index (κ1) is 14.4. The first-order valence-electron chi connectivity index (χ1n) is 6.45. The van der Waals surface area contributed by atoms with Gasteiger partial charge in [0.2, 0.25) is 5.78 Å². The molecule has 0 bridgehead atoms. The average molecular weight is 364 g/mol. The largest absolute Gasteiger partial charge is 0.496 e. The number of hydrogen-bond donors (Lipinski definition) is 0. The molecular formula is C16H14BrNO2S.